The quantitative estimate of drug-likeness (QED) is 0.415. The Morgan fingerprint density at radius 1 is 1.35 bits per heavy atom. The third kappa shape index (κ3) is 4.92. The molecule has 9 heteroatoms. The highest BCUT2D eigenvalue weighted by atomic mass is 32.2. The second-order valence-corrected chi connectivity index (χ2v) is 6.05. The molecule has 0 bridgehead atoms. The number of aromatic amines is 2. The molecule has 8 nitrogen and oxygen atoms in total. The molecule has 1 atom stereocenters. The van der Waals surface area contributed by atoms with Crippen LogP contribution in [0.15, 0.2) is 44.0 Å². The van der Waals surface area contributed by atoms with Crippen LogP contribution in [0.5, 0.6) is 0 Å². The number of aryl methyl sites for hydroxylation is 1. The van der Waals surface area contributed by atoms with Crippen molar-refractivity contribution in [3.8, 4) is 0 Å². The fourth-order valence-electron chi connectivity index (χ4n) is 1.55. The third-order valence-electron chi connectivity index (χ3n) is 2.80. The number of rotatable bonds is 5. The van der Waals surface area contributed by atoms with E-state index in [1.807, 2.05) is 36.2 Å². The number of amides is 1. The van der Waals surface area contributed by atoms with Gasteiger partial charge in [0.15, 0.2) is 5.03 Å². The Balaban J connectivity index is 1.93. The van der Waals surface area contributed by atoms with Crippen LogP contribution in [0, 0.1) is 6.92 Å². The molecule has 23 heavy (non-hydrogen) atoms. The molecular formula is C14H15N5O3S. The molecule has 0 spiro atoms. The number of benzene rings is 1. The molecule has 0 radical (unpaired) electrons. The molecule has 120 valence electrons. The monoisotopic (exact) mass is 333 g/mol. The third-order valence-corrected chi connectivity index (χ3v) is 3.87. The summed E-state index contributed by atoms with van der Waals surface area (Å²) >= 11 is 0.924. The Morgan fingerprint density at radius 2 is 2.04 bits per heavy atom. The number of hydrogen-bond acceptors (Lipinski definition) is 6. The summed E-state index contributed by atoms with van der Waals surface area (Å²) in [6.07, 6.45) is 1.53. The van der Waals surface area contributed by atoms with Gasteiger partial charge in [0, 0.05) is 0 Å². The van der Waals surface area contributed by atoms with Gasteiger partial charge in [-0.1, -0.05) is 41.6 Å². The number of H-pyrrole nitrogens is 2. The number of nitrogens with one attached hydrogen (secondary N) is 3. The molecule has 2 aromatic rings. The predicted molar refractivity (Wildman–Crippen MR) is 87.7 cm³/mol. The van der Waals surface area contributed by atoms with Gasteiger partial charge in [0.05, 0.1) is 11.5 Å². The topological polar surface area (TPSA) is 120 Å². The van der Waals surface area contributed by atoms with Crippen LogP contribution in [0.4, 0.5) is 0 Å². The molecule has 0 aliphatic carbocycles. The van der Waals surface area contributed by atoms with Gasteiger partial charge in [0.2, 0.25) is 0 Å². The Kier molecular flexibility index (Phi) is 5.47. The first-order chi connectivity index (χ1) is 11.0. The van der Waals surface area contributed by atoms with E-state index in [1.54, 1.807) is 6.92 Å². The molecule has 1 aromatic heterocycles. The average Bonchev–Trinajstić information content (AvgIpc) is 2.51. The van der Waals surface area contributed by atoms with Crippen molar-refractivity contribution in [1.29, 1.82) is 0 Å². The van der Waals surface area contributed by atoms with E-state index >= 15 is 0 Å². The van der Waals surface area contributed by atoms with Gasteiger partial charge in [-0.25, -0.2) is 15.3 Å². The largest absolute Gasteiger partial charge is 0.342 e. The molecule has 1 amide bonds. The molecule has 1 heterocycles. The smallest absolute Gasteiger partial charge is 0.272 e. The van der Waals surface area contributed by atoms with E-state index in [1.165, 1.54) is 6.21 Å². The van der Waals surface area contributed by atoms with Crippen LogP contribution in [0.25, 0.3) is 0 Å². The molecular weight excluding hydrogens is 318 g/mol. The Morgan fingerprint density at radius 3 is 2.70 bits per heavy atom. The minimum atomic E-state index is -0.695. The summed E-state index contributed by atoms with van der Waals surface area (Å²) in [6.45, 7) is 3.59. The van der Waals surface area contributed by atoms with Crippen molar-refractivity contribution in [2.24, 2.45) is 5.10 Å². The van der Waals surface area contributed by atoms with E-state index in [0.717, 1.165) is 22.9 Å². The normalized spacial score (nSPS) is 12.3. The van der Waals surface area contributed by atoms with Crippen molar-refractivity contribution >= 4 is 23.9 Å². The van der Waals surface area contributed by atoms with Crippen molar-refractivity contribution in [3.05, 3.63) is 56.2 Å². The van der Waals surface area contributed by atoms with Crippen LogP contribution >= 0.6 is 11.8 Å². The molecule has 1 unspecified atom stereocenters. The van der Waals surface area contributed by atoms with Gasteiger partial charge < -0.3 is 0 Å². The van der Waals surface area contributed by atoms with Crippen LogP contribution < -0.4 is 16.7 Å². The van der Waals surface area contributed by atoms with E-state index in [0.29, 0.717) is 0 Å². The SMILES string of the molecule is Cc1ccc(/C=N/NC(=O)C(C)Sc2n[nH]c(=O)[nH]c2=O)cc1. The minimum Gasteiger partial charge on any atom is -0.272 e. The van der Waals surface area contributed by atoms with E-state index in [9.17, 15) is 14.4 Å². The van der Waals surface area contributed by atoms with E-state index in [-0.39, 0.29) is 10.9 Å². The fraction of sp³-hybridized carbons (Fsp3) is 0.214. The van der Waals surface area contributed by atoms with Gasteiger partial charge in [0.25, 0.3) is 11.5 Å². The average molecular weight is 333 g/mol. The van der Waals surface area contributed by atoms with Crippen molar-refractivity contribution in [2.75, 3.05) is 0 Å². The lowest BCUT2D eigenvalue weighted by Gasteiger charge is -2.07. The number of hydrogen-bond donors (Lipinski definition) is 3. The van der Waals surface area contributed by atoms with Gasteiger partial charge >= 0.3 is 5.69 Å². The highest BCUT2D eigenvalue weighted by Crippen LogP contribution is 2.16. The van der Waals surface area contributed by atoms with Crippen LogP contribution in [0.1, 0.15) is 18.1 Å². The molecule has 0 aliphatic rings. The standard InChI is InChI=1S/C14H15N5O3S/c1-8-3-5-10(6-4-8)7-15-17-11(20)9(2)23-13-12(21)16-14(22)19-18-13/h3-7,9H,1-2H3,(H,17,20)(H2,16,19,21,22)/b15-7+. The number of aromatic nitrogens is 3. The molecule has 0 saturated heterocycles. The van der Waals surface area contributed by atoms with Gasteiger partial charge in [-0.05, 0) is 19.4 Å². The van der Waals surface area contributed by atoms with Crippen LogP contribution in [0.3, 0.4) is 0 Å². The molecule has 2 rings (SSSR count). The number of hydrazone groups is 1. The summed E-state index contributed by atoms with van der Waals surface area (Å²) in [5.41, 5.74) is 3.05. The first-order valence-corrected chi connectivity index (χ1v) is 7.59. The summed E-state index contributed by atoms with van der Waals surface area (Å²) in [5, 5.41) is 8.98. The first-order valence-electron chi connectivity index (χ1n) is 6.71. The Labute approximate surface area is 135 Å². The molecule has 3 N–H and O–H groups in total. The van der Waals surface area contributed by atoms with Gasteiger partial charge in [0.1, 0.15) is 0 Å². The number of thioether (sulfide) groups is 1. The maximum atomic E-state index is 11.9. The molecule has 1 aromatic carbocycles. The highest BCUT2D eigenvalue weighted by Gasteiger charge is 2.16. The molecule has 0 aliphatic heterocycles. The second kappa shape index (κ2) is 7.54. The lowest BCUT2D eigenvalue weighted by Crippen LogP contribution is -2.30. The lowest BCUT2D eigenvalue weighted by atomic mass is 10.2. The van der Waals surface area contributed by atoms with Gasteiger partial charge in [-0.15, -0.1) is 0 Å². The van der Waals surface area contributed by atoms with Crippen molar-refractivity contribution in [3.63, 3.8) is 0 Å². The van der Waals surface area contributed by atoms with Crippen LogP contribution in [-0.2, 0) is 4.79 Å². The number of carbonyl (C=O) groups is 1. The van der Waals surface area contributed by atoms with Crippen LogP contribution in [0.2, 0.25) is 0 Å². The number of carbonyl (C=O) groups excluding carboxylic acids is 1. The first kappa shape index (κ1) is 16.7. The van der Waals surface area contributed by atoms with Crippen molar-refractivity contribution in [1.82, 2.24) is 20.6 Å². The lowest BCUT2D eigenvalue weighted by molar-refractivity contribution is -0.120. The summed E-state index contributed by atoms with van der Waals surface area (Å²) in [7, 11) is 0. The molecule has 0 saturated carbocycles. The maximum absolute atomic E-state index is 11.9. The minimum absolute atomic E-state index is 0.00904. The number of nitrogens with zero attached hydrogens (tertiary/aromatic N) is 2. The van der Waals surface area contributed by atoms with Crippen LogP contribution in [-0.4, -0.2) is 32.6 Å². The highest BCUT2D eigenvalue weighted by molar-refractivity contribution is 8.00. The summed E-state index contributed by atoms with van der Waals surface area (Å²) in [6, 6.07) is 7.64. The second-order valence-electron chi connectivity index (χ2n) is 4.72. The van der Waals surface area contributed by atoms with Crippen molar-refractivity contribution < 1.29 is 4.79 Å². The maximum Gasteiger partial charge on any atom is 0.342 e. The zero-order valence-corrected chi connectivity index (χ0v) is 13.3. The van der Waals surface area contributed by atoms with Crippen molar-refractivity contribution in [2.45, 2.75) is 24.1 Å². The predicted octanol–water partition coefficient (Wildman–Crippen LogP) is 0.398. The fourth-order valence-corrected chi connectivity index (χ4v) is 2.30. The Hall–Kier alpha value is -2.68. The van der Waals surface area contributed by atoms with Gasteiger partial charge in [-0.2, -0.15) is 10.2 Å². The zero-order valence-electron chi connectivity index (χ0n) is 12.5. The molecule has 0 fully saturated rings. The summed E-state index contributed by atoms with van der Waals surface area (Å²) in [4.78, 5) is 36.3. The van der Waals surface area contributed by atoms with Gasteiger partial charge in [-0.3, -0.25) is 14.6 Å². The summed E-state index contributed by atoms with van der Waals surface area (Å²) in [5.74, 6) is -0.384. The van der Waals surface area contributed by atoms with E-state index < -0.39 is 16.5 Å². The van der Waals surface area contributed by atoms with E-state index in [2.05, 4.69) is 20.7 Å². The summed E-state index contributed by atoms with van der Waals surface area (Å²) < 4.78 is 0. The zero-order chi connectivity index (χ0) is 16.8. The Bertz CT molecular complexity index is 825. The van der Waals surface area contributed by atoms with E-state index in [4.69, 9.17) is 0 Å².